The van der Waals surface area contributed by atoms with Gasteiger partial charge in [0.05, 0.1) is 0 Å². The molecule has 0 unspecified atom stereocenters. The molecule has 0 rings (SSSR count). The lowest BCUT2D eigenvalue weighted by atomic mass is 10.1. The number of unbranched alkanes of at least 4 members (excludes halogenated alkanes) is 8. The highest BCUT2D eigenvalue weighted by molar-refractivity contribution is 4.46. The van der Waals surface area contributed by atoms with E-state index in [2.05, 4.69) is 12.7 Å². The Morgan fingerprint density at radius 2 is 1.00 bits per heavy atom. The molecule has 0 aromatic carbocycles. The van der Waals surface area contributed by atoms with Crippen molar-refractivity contribution in [3.63, 3.8) is 0 Å². The van der Waals surface area contributed by atoms with E-state index < -0.39 is 0 Å². The van der Waals surface area contributed by atoms with E-state index >= 15 is 0 Å². The highest BCUT2D eigenvalue weighted by Gasteiger charge is 1.90. The molecule has 0 aliphatic rings. The van der Waals surface area contributed by atoms with Crippen LogP contribution in [0.4, 0.5) is 0 Å². The summed E-state index contributed by atoms with van der Waals surface area (Å²) in [5.74, 6) is 0. The van der Waals surface area contributed by atoms with E-state index in [4.69, 9.17) is 5.73 Å². The van der Waals surface area contributed by atoms with Gasteiger partial charge in [-0.15, -0.1) is 0 Å². The van der Waals surface area contributed by atoms with Gasteiger partial charge in [0.15, 0.2) is 0 Å². The quantitative estimate of drug-likeness (QED) is 0.565. The first-order valence-electron chi connectivity index (χ1n) is 6.19. The van der Waals surface area contributed by atoms with Crippen molar-refractivity contribution in [1.29, 1.82) is 0 Å². The first kappa shape index (κ1) is 16.4. The maximum absolute atomic E-state index is 5.41. The van der Waals surface area contributed by atoms with E-state index in [0.29, 0.717) is 0 Å². The highest BCUT2D eigenvalue weighted by Crippen LogP contribution is 2.08. The maximum Gasteiger partial charge on any atom is -0.00773 e. The fraction of sp³-hybridized carbons (Fsp3) is 1.00. The Bertz CT molecular complexity index is 64.7. The first-order valence-corrected chi connectivity index (χ1v) is 6.19. The van der Waals surface area contributed by atoms with Gasteiger partial charge in [-0.05, 0) is 20.0 Å². The summed E-state index contributed by atoms with van der Waals surface area (Å²) in [7, 11) is 1.50. The first-order chi connectivity index (χ1) is 6.91. The van der Waals surface area contributed by atoms with Crippen LogP contribution >= 0.6 is 0 Å². The van der Waals surface area contributed by atoms with Gasteiger partial charge in [-0.25, -0.2) is 0 Å². The van der Waals surface area contributed by atoms with Crippen molar-refractivity contribution < 1.29 is 0 Å². The maximum atomic E-state index is 5.41. The molecule has 0 saturated heterocycles. The predicted octanol–water partition coefficient (Wildman–Crippen LogP) is 3.05. The van der Waals surface area contributed by atoms with Crippen LogP contribution in [0.2, 0.25) is 0 Å². The summed E-state index contributed by atoms with van der Waals surface area (Å²) in [4.78, 5) is 0. The molecule has 0 heterocycles. The Labute approximate surface area is 90.4 Å². The van der Waals surface area contributed by atoms with Crippen molar-refractivity contribution in [2.75, 3.05) is 13.6 Å². The molecule has 0 saturated carbocycles. The number of rotatable bonds is 9. The van der Waals surface area contributed by atoms with E-state index in [1.165, 1.54) is 64.8 Å². The van der Waals surface area contributed by atoms with Gasteiger partial charge in [-0.3, -0.25) is 0 Å². The van der Waals surface area contributed by atoms with E-state index in [0.717, 1.165) is 6.54 Å². The fourth-order valence-electron chi connectivity index (χ4n) is 1.45. The van der Waals surface area contributed by atoms with Crippen molar-refractivity contribution in [1.82, 2.24) is 0 Å². The molecule has 0 fully saturated rings. The summed E-state index contributed by atoms with van der Waals surface area (Å²) in [5.41, 5.74) is 9.91. The fourth-order valence-corrected chi connectivity index (χ4v) is 1.45. The van der Waals surface area contributed by atoms with Crippen LogP contribution in [0.15, 0.2) is 0 Å². The van der Waals surface area contributed by atoms with Crippen LogP contribution in [0.25, 0.3) is 0 Å². The standard InChI is InChI=1S/C11H25N.CH5N/c1-2-3-4-5-6-7-8-9-10-11-12;1-2/h2-12H2,1H3;2H2,1H3. The van der Waals surface area contributed by atoms with Gasteiger partial charge < -0.3 is 11.5 Å². The average molecular weight is 202 g/mol. The predicted molar refractivity (Wildman–Crippen MR) is 66.4 cm³/mol. The second kappa shape index (κ2) is 18.7. The van der Waals surface area contributed by atoms with Crippen LogP contribution in [-0.4, -0.2) is 13.6 Å². The Hall–Kier alpha value is -0.0800. The van der Waals surface area contributed by atoms with Crippen molar-refractivity contribution in [2.45, 2.75) is 64.7 Å². The van der Waals surface area contributed by atoms with E-state index in [-0.39, 0.29) is 0 Å². The van der Waals surface area contributed by atoms with Crippen LogP contribution in [0.5, 0.6) is 0 Å². The summed E-state index contributed by atoms with van der Waals surface area (Å²) in [5, 5.41) is 0. The van der Waals surface area contributed by atoms with Gasteiger partial charge >= 0.3 is 0 Å². The van der Waals surface area contributed by atoms with Gasteiger partial charge in [-0.1, -0.05) is 58.3 Å². The zero-order chi connectivity index (χ0) is 11.1. The summed E-state index contributed by atoms with van der Waals surface area (Å²) < 4.78 is 0. The molecule has 0 aromatic heterocycles. The lowest BCUT2D eigenvalue weighted by molar-refractivity contribution is 0.567. The Kier molecular flexibility index (Phi) is 21.8. The molecule has 0 amide bonds. The van der Waals surface area contributed by atoms with Gasteiger partial charge in [-0.2, -0.15) is 0 Å². The molecular formula is C12H30N2. The smallest absolute Gasteiger partial charge is 0.00773 e. The third kappa shape index (κ3) is 17.9. The monoisotopic (exact) mass is 202 g/mol. The number of nitrogens with two attached hydrogens (primary N) is 2. The molecule has 0 aromatic rings. The minimum Gasteiger partial charge on any atom is -0.333 e. The van der Waals surface area contributed by atoms with E-state index in [1.54, 1.807) is 0 Å². The number of hydrogen-bond acceptors (Lipinski definition) is 2. The minimum absolute atomic E-state index is 0.871. The van der Waals surface area contributed by atoms with Crippen molar-refractivity contribution >= 4 is 0 Å². The molecule has 14 heavy (non-hydrogen) atoms. The SMILES string of the molecule is CCCCCCCCCCCN.CN. The summed E-state index contributed by atoms with van der Waals surface area (Å²) in [6, 6.07) is 0. The topological polar surface area (TPSA) is 52.0 Å². The normalized spacial score (nSPS) is 9.43. The second-order valence-electron chi connectivity index (χ2n) is 3.62. The van der Waals surface area contributed by atoms with Crippen LogP contribution in [0.1, 0.15) is 64.7 Å². The zero-order valence-corrected chi connectivity index (χ0v) is 10.2. The Morgan fingerprint density at radius 1 is 0.643 bits per heavy atom. The largest absolute Gasteiger partial charge is 0.333 e. The third-order valence-corrected chi connectivity index (χ3v) is 2.31. The molecule has 0 spiro atoms. The van der Waals surface area contributed by atoms with Crippen LogP contribution in [0.3, 0.4) is 0 Å². The Morgan fingerprint density at radius 3 is 1.36 bits per heavy atom. The van der Waals surface area contributed by atoms with Crippen LogP contribution in [-0.2, 0) is 0 Å². The highest BCUT2D eigenvalue weighted by atomic mass is 14.5. The van der Waals surface area contributed by atoms with E-state index in [9.17, 15) is 0 Å². The molecule has 4 N–H and O–H groups in total. The van der Waals surface area contributed by atoms with Gasteiger partial charge in [0.25, 0.3) is 0 Å². The molecule has 2 nitrogen and oxygen atoms in total. The third-order valence-electron chi connectivity index (χ3n) is 2.31. The molecule has 2 heteroatoms. The minimum atomic E-state index is 0.871. The lowest BCUT2D eigenvalue weighted by Gasteiger charge is -1.99. The summed E-state index contributed by atoms with van der Waals surface area (Å²) in [6.07, 6.45) is 12.5. The molecule has 0 atom stereocenters. The van der Waals surface area contributed by atoms with Crippen molar-refractivity contribution in [2.24, 2.45) is 11.5 Å². The van der Waals surface area contributed by atoms with Gasteiger partial charge in [0.1, 0.15) is 0 Å². The van der Waals surface area contributed by atoms with Crippen molar-refractivity contribution in [3.05, 3.63) is 0 Å². The van der Waals surface area contributed by atoms with Gasteiger partial charge in [0.2, 0.25) is 0 Å². The van der Waals surface area contributed by atoms with E-state index in [1.807, 2.05) is 0 Å². The number of hydrogen-bond donors (Lipinski definition) is 2. The van der Waals surface area contributed by atoms with Crippen LogP contribution in [0, 0.1) is 0 Å². The molecule has 0 bridgehead atoms. The molecule has 0 radical (unpaired) electrons. The van der Waals surface area contributed by atoms with Gasteiger partial charge in [0, 0.05) is 0 Å². The molecule has 0 aliphatic carbocycles. The Balaban J connectivity index is 0. The summed E-state index contributed by atoms with van der Waals surface area (Å²) >= 11 is 0. The van der Waals surface area contributed by atoms with Crippen molar-refractivity contribution in [3.8, 4) is 0 Å². The van der Waals surface area contributed by atoms with Crippen LogP contribution < -0.4 is 11.5 Å². The molecule has 88 valence electrons. The average Bonchev–Trinajstić information content (AvgIpc) is 2.25. The molecule has 0 aliphatic heterocycles. The summed E-state index contributed by atoms with van der Waals surface area (Å²) in [6.45, 7) is 3.14. The second-order valence-corrected chi connectivity index (χ2v) is 3.62. The molecular weight excluding hydrogens is 172 g/mol. The lowest BCUT2D eigenvalue weighted by Crippen LogP contribution is -1.97. The zero-order valence-electron chi connectivity index (χ0n) is 10.2.